The van der Waals surface area contributed by atoms with Crippen LogP contribution in [0.3, 0.4) is 0 Å². The molecule has 0 saturated heterocycles. The lowest BCUT2D eigenvalue weighted by molar-refractivity contribution is 0.295. The minimum Gasteiger partial charge on any atom is -0.313 e. The molecule has 1 N–H and O–H groups in total. The molecule has 0 aromatic rings. The van der Waals surface area contributed by atoms with Crippen molar-refractivity contribution in [2.24, 2.45) is 5.92 Å². The monoisotopic (exact) mass is 306 g/mol. The quantitative estimate of drug-likeness (QED) is 0.741. The molecule has 0 bridgehead atoms. The van der Waals surface area contributed by atoms with E-state index in [4.69, 9.17) is 0 Å². The second-order valence-corrected chi connectivity index (χ2v) is 7.47. The Labute approximate surface area is 135 Å². The molecule has 1 heterocycles. The molecule has 118 valence electrons. The molecule has 0 aliphatic carbocycles. The fraction of sp³-hybridized carbons (Fsp3) is 0.556. The summed E-state index contributed by atoms with van der Waals surface area (Å²) in [6.07, 6.45) is 6.55. The maximum absolute atomic E-state index is 3.91. The molecule has 1 aliphatic heterocycles. The van der Waals surface area contributed by atoms with Crippen molar-refractivity contribution in [3.63, 3.8) is 0 Å². The number of hydrogen-bond acceptors (Lipinski definition) is 3. The van der Waals surface area contributed by atoms with Crippen LogP contribution in [-0.2, 0) is 0 Å². The highest BCUT2D eigenvalue weighted by Gasteiger charge is 2.37. The van der Waals surface area contributed by atoms with E-state index in [1.807, 2.05) is 18.7 Å². The second kappa shape index (κ2) is 8.02. The number of allylic oxidation sites excluding steroid dienone is 5. The minimum absolute atomic E-state index is 0.345. The first-order chi connectivity index (χ1) is 9.77. The van der Waals surface area contributed by atoms with Crippen LogP contribution in [-0.4, -0.2) is 37.5 Å². The minimum atomic E-state index is 0.345. The molecule has 1 rings (SSSR count). The van der Waals surface area contributed by atoms with Crippen molar-refractivity contribution in [2.75, 3.05) is 21.1 Å². The van der Waals surface area contributed by atoms with E-state index in [9.17, 15) is 0 Å². The van der Waals surface area contributed by atoms with Crippen LogP contribution in [0.4, 0.5) is 0 Å². The molecule has 0 saturated carbocycles. The lowest BCUT2D eigenvalue weighted by Gasteiger charge is -2.31. The van der Waals surface area contributed by atoms with Crippen molar-refractivity contribution in [3.05, 3.63) is 46.4 Å². The summed E-state index contributed by atoms with van der Waals surface area (Å²) in [4.78, 5) is 3.79. The largest absolute Gasteiger partial charge is 0.313 e. The Bertz CT molecular complexity index is 472. The second-order valence-electron chi connectivity index (χ2n) is 6.14. The molecule has 3 heteroatoms. The normalized spacial score (nSPS) is 25.2. The van der Waals surface area contributed by atoms with Gasteiger partial charge in [-0.05, 0) is 53.7 Å². The van der Waals surface area contributed by atoms with E-state index in [2.05, 4.69) is 76.9 Å². The van der Waals surface area contributed by atoms with Gasteiger partial charge in [0, 0.05) is 12.0 Å². The predicted octanol–water partition coefficient (Wildman–Crippen LogP) is 4.20. The number of nitrogens with one attached hydrogen (secondary N) is 1. The number of likely N-dealkylation sites (N-methyl/N-ethyl adjacent to an activating group) is 1. The molecule has 3 unspecified atom stereocenters. The highest BCUT2D eigenvalue weighted by atomic mass is 32.2. The van der Waals surface area contributed by atoms with Gasteiger partial charge in [0.25, 0.3) is 0 Å². The Morgan fingerprint density at radius 3 is 2.38 bits per heavy atom. The number of rotatable bonds is 6. The van der Waals surface area contributed by atoms with Crippen molar-refractivity contribution in [1.82, 2.24) is 10.2 Å². The first-order valence-corrected chi connectivity index (χ1v) is 8.35. The van der Waals surface area contributed by atoms with Gasteiger partial charge in [-0.2, -0.15) is 0 Å². The van der Waals surface area contributed by atoms with Crippen molar-refractivity contribution >= 4 is 11.8 Å². The summed E-state index contributed by atoms with van der Waals surface area (Å²) in [6.45, 7) is 12.6. The fourth-order valence-electron chi connectivity index (χ4n) is 2.65. The predicted molar refractivity (Wildman–Crippen MR) is 97.5 cm³/mol. The zero-order chi connectivity index (χ0) is 16.2. The summed E-state index contributed by atoms with van der Waals surface area (Å²) < 4.78 is 0. The molecule has 0 radical (unpaired) electrons. The molecule has 0 spiro atoms. The van der Waals surface area contributed by atoms with Crippen LogP contribution >= 0.6 is 11.8 Å². The van der Waals surface area contributed by atoms with Crippen LogP contribution in [0.1, 0.15) is 27.7 Å². The molecular formula is C18H30N2S. The van der Waals surface area contributed by atoms with Crippen LogP contribution in [0, 0.1) is 5.92 Å². The maximum atomic E-state index is 3.91. The van der Waals surface area contributed by atoms with Gasteiger partial charge in [0.1, 0.15) is 0 Å². The van der Waals surface area contributed by atoms with E-state index in [1.165, 1.54) is 16.1 Å². The van der Waals surface area contributed by atoms with Crippen LogP contribution in [0.5, 0.6) is 0 Å². The third-order valence-electron chi connectivity index (χ3n) is 3.96. The molecule has 3 atom stereocenters. The molecule has 0 fully saturated rings. The van der Waals surface area contributed by atoms with E-state index in [-0.39, 0.29) is 0 Å². The van der Waals surface area contributed by atoms with Crippen molar-refractivity contribution in [2.45, 2.75) is 39.1 Å². The Kier molecular flexibility index (Phi) is 6.98. The third kappa shape index (κ3) is 4.87. The van der Waals surface area contributed by atoms with Gasteiger partial charge < -0.3 is 5.32 Å². The third-order valence-corrected chi connectivity index (χ3v) is 5.59. The van der Waals surface area contributed by atoms with Gasteiger partial charge in [-0.15, -0.1) is 11.8 Å². The summed E-state index contributed by atoms with van der Waals surface area (Å²) in [5.41, 5.74) is 3.86. The molecular weight excluding hydrogens is 276 g/mol. The van der Waals surface area contributed by atoms with Gasteiger partial charge in [0.2, 0.25) is 0 Å². The zero-order valence-corrected chi connectivity index (χ0v) is 15.3. The lowest BCUT2D eigenvalue weighted by Crippen LogP contribution is -2.42. The average molecular weight is 307 g/mol. The summed E-state index contributed by atoms with van der Waals surface area (Å²) in [5.74, 6) is 0.503. The zero-order valence-electron chi connectivity index (χ0n) is 14.5. The van der Waals surface area contributed by atoms with E-state index in [0.717, 1.165) is 5.57 Å². The van der Waals surface area contributed by atoms with Crippen LogP contribution < -0.4 is 5.32 Å². The summed E-state index contributed by atoms with van der Waals surface area (Å²) in [7, 11) is 6.39. The van der Waals surface area contributed by atoms with Gasteiger partial charge in [0.05, 0.1) is 5.37 Å². The Hall–Kier alpha value is -0.770. The molecule has 1 aliphatic rings. The van der Waals surface area contributed by atoms with Gasteiger partial charge in [-0.1, -0.05) is 41.5 Å². The Balaban J connectivity index is 3.02. The van der Waals surface area contributed by atoms with Crippen molar-refractivity contribution in [1.29, 1.82) is 0 Å². The van der Waals surface area contributed by atoms with Gasteiger partial charge in [-0.3, -0.25) is 4.90 Å². The topological polar surface area (TPSA) is 15.3 Å². The number of thioether (sulfide) groups is 1. The molecule has 0 amide bonds. The van der Waals surface area contributed by atoms with Crippen LogP contribution in [0.2, 0.25) is 0 Å². The molecule has 2 nitrogen and oxygen atoms in total. The first-order valence-electron chi connectivity index (χ1n) is 7.47. The Morgan fingerprint density at radius 1 is 1.29 bits per heavy atom. The van der Waals surface area contributed by atoms with Gasteiger partial charge in [-0.25, -0.2) is 0 Å². The van der Waals surface area contributed by atoms with Crippen LogP contribution in [0.15, 0.2) is 46.4 Å². The summed E-state index contributed by atoms with van der Waals surface area (Å²) in [6, 6.07) is 0.345. The van der Waals surface area contributed by atoms with Gasteiger partial charge in [0.15, 0.2) is 0 Å². The van der Waals surface area contributed by atoms with Gasteiger partial charge >= 0.3 is 0 Å². The molecule has 21 heavy (non-hydrogen) atoms. The summed E-state index contributed by atoms with van der Waals surface area (Å²) in [5, 5.41) is 3.99. The van der Waals surface area contributed by atoms with Crippen molar-refractivity contribution < 1.29 is 0 Å². The van der Waals surface area contributed by atoms with E-state index >= 15 is 0 Å². The van der Waals surface area contributed by atoms with E-state index < -0.39 is 0 Å². The summed E-state index contributed by atoms with van der Waals surface area (Å²) >= 11 is 1.98. The molecule has 0 aromatic heterocycles. The highest BCUT2D eigenvalue weighted by molar-refractivity contribution is 8.03. The number of hydrogen-bond donors (Lipinski definition) is 1. The molecule has 0 aromatic carbocycles. The van der Waals surface area contributed by atoms with E-state index in [0.29, 0.717) is 17.3 Å². The standard InChI is InChI=1S/C18H30N2S/c1-12(2)9-10-13(3)11-16(19-6)17-14(4)15(5)21-18(17)20(7)8/h9-11,16-19H,1H2,2-8H3/b10-9-,13-11-. The van der Waals surface area contributed by atoms with E-state index in [1.54, 1.807) is 0 Å². The first kappa shape index (κ1) is 18.3. The fourth-order valence-corrected chi connectivity index (χ4v) is 4.06. The van der Waals surface area contributed by atoms with Crippen molar-refractivity contribution in [3.8, 4) is 0 Å². The SMILES string of the molecule is C=C(C)/C=C\C(C)=C/C(NC)C1C(C)=C(C)SC1N(C)C. The Morgan fingerprint density at radius 2 is 1.90 bits per heavy atom. The maximum Gasteiger partial charge on any atom is 0.0680 e. The van der Waals surface area contributed by atoms with Crippen LogP contribution in [0.25, 0.3) is 0 Å². The smallest absolute Gasteiger partial charge is 0.0680 e. The number of nitrogens with zero attached hydrogens (tertiary/aromatic N) is 1. The lowest BCUT2D eigenvalue weighted by atomic mass is 9.90. The highest BCUT2D eigenvalue weighted by Crippen LogP contribution is 2.44. The average Bonchev–Trinajstić information content (AvgIpc) is 2.70.